The molecule has 1 N–H and O–H groups in total. The zero-order valence-corrected chi connectivity index (χ0v) is 11.4. The number of fused-ring (bicyclic) bond motifs is 1. The molecule has 3 rings (SSSR count). The first kappa shape index (κ1) is 13.0. The first-order chi connectivity index (χ1) is 10.1. The van der Waals surface area contributed by atoms with E-state index in [4.69, 9.17) is 9.84 Å². The number of ether oxygens (including phenoxy) is 1. The molecule has 0 amide bonds. The average molecular weight is 284 g/mol. The summed E-state index contributed by atoms with van der Waals surface area (Å²) in [5.74, 6) is -0.640. The van der Waals surface area contributed by atoms with Gasteiger partial charge in [0, 0.05) is 11.8 Å². The van der Waals surface area contributed by atoms with Crippen LogP contribution in [0.25, 0.3) is 17.0 Å². The van der Waals surface area contributed by atoms with Crippen molar-refractivity contribution in [3.8, 4) is 17.3 Å². The van der Waals surface area contributed by atoms with Crippen LogP contribution in [0.4, 0.5) is 0 Å². The largest absolute Gasteiger partial charge is 0.481 e. The van der Waals surface area contributed by atoms with E-state index in [2.05, 4.69) is 15.0 Å². The maximum absolute atomic E-state index is 11.2. The van der Waals surface area contributed by atoms with Gasteiger partial charge in [-0.3, -0.25) is 4.40 Å². The smallest absolute Gasteiger partial charge is 0.358 e. The van der Waals surface area contributed by atoms with E-state index in [1.54, 1.807) is 22.6 Å². The molecule has 0 aromatic carbocycles. The summed E-state index contributed by atoms with van der Waals surface area (Å²) in [5, 5.41) is 9.15. The number of carboxylic acid groups (broad SMARTS) is 1. The quantitative estimate of drug-likeness (QED) is 0.788. The first-order valence-corrected chi connectivity index (χ1v) is 6.19. The van der Waals surface area contributed by atoms with E-state index in [-0.39, 0.29) is 5.69 Å². The highest BCUT2D eigenvalue weighted by atomic mass is 16.5. The molecule has 3 heterocycles. The number of hydrogen-bond donors (Lipinski definition) is 1. The Balaban J connectivity index is 2.23. The van der Waals surface area contributed by atoms with Gasteiger partial charge < -0.3 is 9.84 Å². The van der Waals surface area contributed by atoms with Crippen molar-refractivity contribution in [1.29, 1.82) is 0 Å². The molecule has 0 fully saturated rings. The molecule has 0 saturated heterocycles. The molecular formula is C14H12N4O3. The second-order valence-electron chi connectivity index (χ2n) is 4.44. The lowest BCUT2D eigenvalue weighted by atomic mass is 10.2. The molecule has 0 spiro atoms. The molecule has 0 aliphatic rings. The molecule has 7 nitrogen and oxygen atoms in total. The van der Waals surface area contributed by atoms with Crippen molar-refractivity contribution in [2.24, 2.45) is 0 Å². The number of hydrogen-bond acceptors (Lipinski definition) is 5. The third-order valence-electron chi connectivity index (χ3n) is 3.09. The van der Waals surface area contributed by atoms with Crippen LogP contribution in [0.15, 0.2) is 30.6 Å². The van der Waals surface area contributed by atoms with Gasteiger partial charge in [0.05, 0.1) is 18.5 Å². The molecule has 0 aliphatic carbocycles. The van der Waals surface area contributed by atoms with Gasteiger partial charge in [-0.05, 0) is 19.1 Å². The topological polar surface area (TPSA) is 89.6 Å². The van der Waals surface area contributed by atoms with Crippen molar-refractivity contribution >= 4 is 11.6 Å². The molecule has 7 heteroatoms. The fraction of sp³-hybridized carbons (Fsp3) is 0.143. The van der Waals surface area contributed by atoms with Gasteiger partial charge in [-0.1, -0.05) is 6.07 Å². The van der Waals surface area contributed by atoms with Crippen LogP contribution in [0.2, 0.25) is 0 Å². The Kier molecular flexibility index (Phi) is 3.02. The third kappa shape index (κ3) is 2.18. The van der Waals surface area contributed by atoms with Crippen molar-refractivity contribution in [3.05, 3.63) is 42.0 Å². The molecule has 0 unspecified atom stereocenters. The highest BCUT2D eigenvalue weighted by molar-refractivity contribution is 5.92. The summed E-state index contributed by atoms with van der Waals surface area (Å²) >= 11 is 0. The molecule has 0 saturated carbocycles. The predicted molar refractivity (Wildman–Crippen MR) is 74.5 cm³/mol. The maximum atomic E-state index is 11.2. The van der Waals surface area contributed by atoms with E-state index < -0.39 is 5.97 Å². The number of aryl methyl sites for hydroxylation is 1. The molecule has 0 bridgehead atoms. The Labute approximate surface area is 119 Å². The van der Waals surface area contributed by atoms with Gasteiger partial charge in [0.2, 0.25) is 5.88 Å². The minimum Gasteiger partial charge on any atom is -0.481 e. The van der Waals surface area contributed by atoms with Crippen LogP contribution in [-0.2, 0) is 0 Å². The first-order valence-electron chi connectivity index (χ1n) is 6.19. The second-order valence-corrected chi connectivity index (χ2v) is 4.44. The number of nitrogens with zero attached hydrogens (tertiary/aromatic N) is 4. The zero-order valence-electron chi connectivity index (χ0n) is 11.4. The number of methoxy groups -OCH3 is 1. The lowest BCUT2D eigenvalue weighted by Crippen LogP contribution is -2.02. The fourth-order valence-corrected chi connectivity index (χ4v) is 2.07. The molecule has 0 atom stereocenters. The van der Waals surface area contributed by atoms with Crippen molar-refractivity contribution in [1.82, 2.24) is 19.4 Å². The summed E-state index contributed by atoms with van der Waals surface area (Å²) in [6.45, 7) is 1.85. The van der Waals surface area contributed by atoms with E-state index in [0.29, 0.717) is 22.9 Å². The zero-order chi connectivity index (χ0) is 15.0. The third-order valence-corrected chi connectivity index (χ3v) is 3.09. The van der Waals surface area contributed by atoms with Gasteiger partial charge in [0.15, 0.2) is 11.3 Å². The summed E-state index contributed by atoms with van der Waals surface area (Å²) in [6.07, 6.45) is 1.45. The van der Waals surface area contributed by atoms with E-state index >= 15 is 0 Å². The fourth-order valence-electron chi connectivity index (χ4n) is 2.07. The van der Waals surface area contributed by atoms with Crippen molar-refractivity contribution in [3.63, 3.8) is 0 Å². The van der Waals surface area contributed by atoms with Gasteiger partial charge in [-0.15, -0.1) is 0 Å². The Bertz CT molecular complexity index is 841. The minimum atomic E-state index is -1.11. The van der Waals surface area contributed by atoms with Gasteiger partial charge in [-0.2, -0.15) is 0 Å². The molecule has 3 aromatic heterocycles. The highest BCUT2D eigenvalue weighted by Crippen LogP contribution is 2.21. The normalized spacial score (nSPS) is 10.8. The van der Waals surface area contributed by atoms with Crippen LogP contribution in [0.3, 0.4) is 0 Å². The van der Waals surface area contributed by atoms with Crippen molar-refractivity contribution in [2.75, 3.05) is 7.11 Å². The number of pyridine rings is 1. The average Bonchev–Trinajstić information content (AvgIpc) is 2.92. The summed E-state index contributed by atoms with van der Waals surface area (Å²) in [5.41, 5.74) is 2.21. The second kappa shape index (κ2) is 4.86. The summed E-state index contributed by atoms with van der Waals surface area (Å²) in [7, 11) is 1.54. The molecule has 21 heavy (non-hydrogen) atoms. The molecule has 0 aliphatic heterocycles. The standard InChI is InChI=1S/C14H12N4O3/c1-8-6-10(9-4-3-5-11(16-9)21-2)17-13-12(14(19)20)15-7-18(8)13/h3-7H,1-2H3,(H,19,20). The molecule has 0 radical (unpaired) electrons. The van der Waals surface area contributed by atoms with Crippen LogP contribution in [0, 0.1) is 6.92 Å². The molecule has 3 aromatic rings. The Morgan fingerprint density at radius 2 is 2.10 bits per heavy atom. The number of rotatable bonds is 3. The van der Waals surface area contributed by atoms with Crippen LogP contribution in [0.1, 0.15) is 16.2 Å². The predicted octanol–water partition coefficient (Wildman–Crippen LogP) is 1.81. The van der Waals surface area contributed by atoms with Gasteiger partial charge in [-0.25, -0.2) is 19.7 Å². The number of aromatic carboxylic acids is 1. The van der Waals surface area contributed by atoms with E-state index in [1.807, 2.05) is 13.0 Å². The molecular weight excluding hydrogens is 272 g/mol. The van der Waals surface area contributed by atoms with E-state index in [0.717, 1.165) is 5.69 Å². The van der Waals surface area contributed by atoms with Crippen LogP contribution < -0.4 is 4.74 Å². The van der Waals surface area contributed by atoms with Crippen molar-refractivity contribution < 1.29 is 14.6 Å². The Morgan fingerprint density at radius 1 is 1.29 bits per heavy atom. The monoisotopic (exact) mass is 284 g/mol. The van der Waals surface area contributed by atoms with E-state index in [1.165, 1.54) is 13.4 Å². The Hall–Kier alpha value is -2.96. The Morgan fingerprint density at radius 3 is 2.81 bits per heavy atom. The van der Waals surface area contributed by atoms with E-state index in [9.17, 15) is 4.79 Å². The lowest BCUT2D eigenvalue weighted by molar-refractivity contribution is 0.0693. The highest BCUT2D eigenvalue weighted by Gasteiger charge is 2.16. The number of aromatic nitrogens is 4. The van der Waals surface area contributed by atoms with Crippen LogP contribution >= 0.6 is 0 Å². The minimum absolute atomic E-state index is 0.0807. The molecule has 106 valence electrons. The number of carbonyl (C=O) groups is 1. The van der Waals surface area contributed by atoms with Gasteiger partial charge >= 0.3 is 5.97 Å². The van der Waals surface area contributed by atoms with Crippen LogP contribution in [-0.4, -0.2) is 37.5 Å². The summed E-state index contributed by atoms with van der Waals surface area (Å²) < 4.78 is 6.72. The van der Waals surface area contributed by atoms with Gasteiger partial charge in [0.1, 0.15) is 6.33 Å². The van der Waals surface area contributed by atoms with Crippen molar-refractivity contribution in [2.45, 2.75) is 6.92 Å². The summed E-state index contributed by atoms with van der Waals surface area (Å²) in [4.78, 5) is 23.7. The number of imidazole rings is 1. The maximum Gasteiger partial charge on any atom is 0.358 e. The summed E-state index contributed by atoms with van der Waals surface area (Å²) in [6, 6.07) is 7.15. The van der Waals surface area contributed by atoms with Gasteiger partial charge in [0.25, 0.3) is 0 Å². The number of carboxylic acids is 1. The SMILES string of the molecule is COc1cccc(-c2cc(C)n3cnc(C(=O)O)c3n2)n1. The lowest BCUT2D eigenvalue weighted by Gasteiger charge is -2.06. The van der Waals surface area contributed by atoms with Crippen LogP contribution in [0.5, 0.6) is 5.88 Å².